The van der Waals surface area contributed by atoms with Gasteiger partial charge in [0, 0.05) is 50.9 Å². The molecule has 12 nitrogen and oxygen atoms in total. The maximum absolute atomic E-state index is 14.8. The first-order valence-corrected chi connectivity index (χ1v) is 12.8. The number of carbonyl (C=O) groups excluding carboxylic acids is 5. The van der Waals surface area contributed by atoms with Gasteiger partial charge in [0.2, 0.25) is 0 Å². The van der Waals surface area contributed by atoms with E-state index < -0.39 is 23.5 Å². The number of Topliss-reactive ketones (excluding diaryl/α,β-unsaturated/α-hetero) is 1. The number of benzene rings is 1. The summed E-state index contributed by atoms with van der Waals surface area (Å²) in [6.45, 7) is 2.97. The first-order valence-electron chi connectivity index (χ1n) is 12.8. The molecule has 1 aliphatic heterocycles. The molecule has 13 heteroatoms. The number of anilines is 1. The van der Waals surface area contributed by atoms with Crippen molar-refractivity contribution in [2.24, 2.45) is 0 Å². The minimum Gasteiger partial charge on any atom is -0.466 e. The quantitative estimate of drug-likeness (QED) is 0.159. The standard InChI is InChI=1S/C27H29FN6O6/c1-2-40-20(35)9-6-10-29-27(39)32-24-22-21(19(28)16-31-24)18(15-30-22)23(36)26(38)34-13-11-33(12-14-34)25(37)17-7-4-3-5-8-17/h3-5,7-8,15-16,30H,2,6,9-14H2,1H3,(H2,29,31,32,39). The molecule has 0 aliphatic carbocycles. The lowest BCUT2D eigenvalue weighted by Crippen LogP contribution is -2.52. The predicted molar refractivity (Wildman–Crippen MR) is 142 cm³/mol. The number of H-pyrrole nitrogens is 1. The zero-order valence-corrected chi connectivity index (χ0v) is 21.9. The molecule has 0 spiro atoms. The van der Waals surface area contributed by atoms with Gasteiger partial charge in [0.25, 0.3) is 17.6 Å². The minimum absolute atomic E-state index is 0.0381. The Morgan fingerprint density at radius 2 is 1.75 bits per heavy atom. The Morgan fingerprint density at radius 1 is 1.05 bits per heavy atom. The molecule has 3 N–H and O–H groups in total. The van der Waals surface area contributed by atoms with Gasteiger partial charge in [-0.25, -0.2) is 14.2 Å². The van der Waals surface area contributed by atoms with Gasteiger partial charge in [-0.3, -0.25) is 24.5 Å². The molecule has 0 atom stereocenters. The number of hydrogen-bond acceptors (Lipinski definition) is 7. The summed E-state index contributed by atoms with van der Waals surface area (Å²) in [7, 11) is 0. The van der Waals surface area contributed by atoms with Crippen LogP contribution in [-0.4, -0.2) is 88.7 Å². The fourth-order valence-electron chi connectivity index (χ4n) is 4.34. The van der Waals surface area contributed by atoms with Crippen LogP contribution >= 0.6 is 0 Å². The lowest BCUT2D eigenvalue weighted by atomic mass is 10.1. The summed E-state index contributed by atoms with van der Waals surface area (Å²) in [5.74, 6) is -3.16. The van der Waals surface area contributed by atoms with Gasteiger partial charge in [0.05, 0.1) is 29.3 Å². The van der Waals surface area contributed by atoms with Crippen LogP contribution in [0.25, 0.3) is 10.9 Å². The molecular formula is C27H29FN6O6. The number of esters is 1. The molecule has 3 heterocycles. The van der Waals surface area contributed by atoms with Gasteiger partial charge < -0.3 is 24.8 Å². The van der Waals surface area contributed by atoms with Crippen molar-refractivity contribution in [3.05, 3.63) is 59.7 Å². The van der Waals surface area contributed by atoms with E-state index in [-0.39, 0.29) is 79.9 Å². The van der Waals surface area contributed by atoms with Crippen LogP contribution in [0, 0.1) is 5.82 Å². The maximum Gasteiger partial charge on any atom is 0.320 e. The van der Waals surface area contributed by atoms with Gasteiger partial charge in [0.15, 0.2) is 11.6 Å². The Bertz CT molecular complexity index is 1420. The molecule has 0 bridgehead atoms. The highest BCUT2D eigenvalue weighted by atomic mass is 19.1. The fourth-order valence-corrected chi connectivity index (χ4v) is 4.34. The van der Waals surface area contributed by atoms with Crippen LogP contribution in [0.5, 0.6) is 0 Å². The van der Waals surface area contributed by atoms with Crippen molar-refractivity contribution in [1.29, 1.82) is 0 Å². The molecule has 0 unspecified atom stereocenters. The van der Waals surface area contributed by atoms with Crippen LogP contribution in [0.15, 0.2) is 42.7 Å². The van der Waals surface area contributed by atoms with Crippen LogP contribution in [0.1, 0.15) is 40.5 Å². The van der Waals surface area contributed by atoms with Crippen LogP contribution in [0.2, 0.25) is 0 Å². The molecule has 210 valence electrons. The third-order valence-electron chi connectivity index (χ3n) is 6.36. The van der Waals surface area contributed by atoms with E-state index in [0.717, 1.165) is 6.20 Å². The summed E-state index contributed by atoms with van der Waals surface area (Å²) in [5, 5.41) is 4.86. The predicted octanol–water partition coefficient (Wildman–Crippen LogP) is 2.33. The van der Waals surface area contributed by atoms with Crippen molar-refractivity contribution in [3.8, 4) is 0 Å². The number of aromatic amines is 1. The second kappa shape index (κ2) is 12.8. The van der Waals surface area contributed by atoms with Crippen LogP contribution in [0.4, 0.5) is 15.0 Å². The highest BCUT2D eigenvalue weighted by Gasteiger charge is 2.31. The number of nitrogens with zero attached hydrogens (tertiary/aromatic N) is 3. The topological polar surface area (TPSA) is 154 Å². The number of carbonyl (C=O) groups is 5. The molecule has 0 saturated carbocycles. The van der Waals surface area contributed by atoms with Gasteiger partial charge in [-0.1, -0.05) is 18.2 Å². The zero-order chi connectivity index (χ0) is 28.6. The summed E-state index contributed by atoms with van der Waals surface area (Å²) >= 11 is 0. The number of hydrogen-bond donors (Lipinski definition) is 3. The van der Waals surface area contributed by atoms with Crippen molar-refractivity contribution in [2.45, 2.75) is 19.8 Å². The van der Waals surface area contributed by atoms with Gasteiger partial charge in [0.1, 0.15) is 0 Å². The number of amides is 4. The number of piperazine rings is 1. The Hall–Kier alpha value is -4.81. The Kier molecular flexibility index (Phi) is 9.04. The lowest BCUT2D eigenvalue weighted by molar-refractivity contribution is -0.143. The maximum atomic E-state index is 14.8. The molecule has 0 radical (unpaired) electrons. The van der Waals surface area contributed by atoms with E-state index in [0.29, 0.717) is 12.0 Å². The summed E-state index contributed by atoms with van der Waals surface area (Å²) in [6, 6.07) is 8.12. The highest BCUT2D eigenvalue weighted by molar-refractivity contribution is 6.45. The van der Waals surface area contributed by atoms with Crippen LogP contribution in [-0.2, 0) is 14.3 Å². The molecule has 3 aromatic rings. The number of urea groups is 1. The number of ether oxygens (including phenoxy) is 1. The number of halogens is 1. The van der Waals surface area contributed by atoms with E-state index in [9.17, 15) is 28.4 Å². The Labute approximate surface area is 228 Å². The Balaban J connectivity index is 1.38. The van der Waals surface area contributed by atoms with Crippen molar-refractivity contribution >= 4 is 46.3 Å². The van der Waals surface area contributed by atoms with Crippen LogP contribution < -0.4 is 10.6 Å². The van der Waals surface area contributed by atoms with E-state index in [1.54, 1.807) is 36.1 Å². The average molecular weight is 553 g/mol. The number of nitrogens with one attached hydrogen (secondary N) is 3. The number of aromatic nitrogens is 2. The van der Waals surface area contributed by atoms with E-state index >= 15 is 0 Å². The van der Waals surface area contributed by atoms with E-state index in [1.807, 2.05) is 6.07 Å². The summed E-state index contributed by atoms with van der Waals surface area (Å²) in [5.41, 5.74) is 0.382. The molecule has 1 aliphatic rings. The zero-order valence-electron chi connectivity index (χ0n) is 21.9. The van der Waals surface area contributed by atoms with Crippen LogP contribution in [0.3, 0.4) is 0 Å². The van der Waals surface area contributed by atoms with Gasteiger partial charge in [-0.2, -0.15) is 0 Å². The SMILES string of the molecule is CCOC(=O)CCCNC(=O)Nc1ncc(F)c2c(C(=O)C(=O)N3CCN(C(=O)c4ccccc4)CC3)c[nH]c12. The first-order chi connectivity index (χ1) is 19.3. The summed E-state index contributed by atoms with van der Waals surface area (Å²) in [6.07, 6.45) is 2.55. The van der Waals surface area contributed by atoms with Crippen molar-refractivity contribution in [2.75, 3.05) is 44.6 Å². The number of ketones is 1. The van der Waals surface area contributed by atoms with E-state index in [2.05, 4.69) is 20.6 Å². The smallest absolute Gasteiger partial charge is 0.320 e. The van der Waals surface area contributed by atoms with Gasteiger partial charge in [-0.15, -0.1) is 0 Å². The third kappa shape index (κ3) is 6.42. The molecule has 4 rings (SSSR count). The van der Waals surface area contributed by atoms with Gasteiger partial charge in [-0.05, 0) is 25.5 Å². The van der Waals surface area contributed by atoms with Gasteiger partial charge >= 0.3 is 12.0 Å². The molecular weight excluding hydrogens is 523 g/mol. The Morgan fingerprint density at radius 3 is 2.45 bits per heavy atom. The molecule has 1 aromatic carbocycles. The summed E-state index contributed by atoms with van der Waals surface area (Å²) < 4.78 is 19.6. The number of pyridine rings is 1. The van der Waals surface area contributed by atoms with Crippen molar-refractivity contribution < 1.29 is 33.1 Å². The lowest BCUT2D eigenvalue weighted by Gasteiger charge is -2.34. The van der Waals surface area contributed by atoms with Crippen molar-refractivity contribution in [3.63, 3.8) is 0 Å². The summed E-state index contributed by atoms with van der Waals surface area (Å²) in [4.78, 5) is 72.0. The van der Waals surface area contributed by atoms with E-state index in [4.69, 9.17) is 4.74 Å². The second-order valence-corrected chi connectivity index (χ2v) is 8.98. The average Bonchev–Trinajstić information content (AvgIpc) is 3.43. The molecule has 1 saturated heterocycles. The van der Waals surface area contributed by atoms with E-state index in [1.165, 1.54) is 11.1 Å². The molecule has 2 aromatic heterocycles. The number of rotatable bonds is 9. The molecule has 1 fully saturated rings. The first kappa shape index (κ1) is 28.2. The number of fused-ring (bicyclic) bond motifs is 1. The highest BCUT2D eigenvalue weighted by Crippen LogP contribution is 2.27. The van der Waals surface area contributed by atoms with Crippen molar-refractivity contribution in [1.82, 2.24) is 25.1 Å². The third-order valence-corrected chi connectivity index (χ3v) is 6.36. The largest absolute Gasteiger partial charge is 0.466 e. The normalized spacial score (nSPS) is 13.2. The molecule has 4 amide bonds. The fraction of sp³-hybridized carbons (Fsp3) is 0.333. The minimum atomic E-state index is -0.923. The second-order valence-electron chi connectivity index (χ2n) is 8.98. The molecule has 40 heavy (non-hydrogen) atoms. The monoisotopic (exact) mass is 552 g/mol.